The van der Waals surface area contributed by atoms with E-state index in [0.29, 0.717) is 5.75 Å². The zero-order valence-electron chi connectivity index (χ0n) is 16.2. The van der Waals surface area contributed by atoms with Gasteiger partial charge < -0.3 is 4.74 Å². The minimum absolute atomic E-state index is 0.0503. The van der Waals surface area contributed by atoms with E-state index < -0.39 is 0 Å². The molecule has 28 heavy (non-hydrogen) atoms. The largest absolute Gasteiger partial charge is 0.483 e. The molecule has 0 spiro atoms. The van der Waals surface area contributed by atoms with Gasteiger partial charge in [0.15, 0.2) is 6.61 Å². The summed E-state index contributed by atoms with van der Waals surface area (Å²) in [5.41, 5.74) is 4.70. The lowest BCUT2D eigenvalue weighted by molar-refractivity contribution is -0.123. The molecule has 0 heterocycles. The quantitative estimate of drug-likeness (QED) is 0.426. The number of benzene rings is 3. The first-order chi connectivity index (χ1) is 13.3. The van der Waals surface area contributed by atoms with Crippen LogP contribution in [0.4, 0.5) is 0 Å². The Morgan fingerprint density at radius 1 is 1.11 bits per heavy atom. The molecule has 0 saturated carbocycles. The van der Waals surface area contributed by atoms with Crippen molar-refractivity contribution in [2.45, 2.75) is 26.2 Å². The van der Waals surface area contributed by atoms with Crippen LogP contribution in [0.25, 0.3) is 10.8 Å². The standard InChI is InChI=1S/C23H23BrN2O2/c1-23(2,3)18-11-12-21(20(24)13-18)28-15-22(27)26-25-14-17-9-6-8-16-7-4-5-10-19(16)17/h4-14H,15H2,1-3H3,(H,26,27)/b25-14+. The Morgan fingerprint density at radius 3 is 2.61 bits per heavy atom. The van der Waals surface area contributed by atoms with Crippen molar-refractivity contribution in [3.63, 3.8) is 0 Å². The van der Waals surface area contributed by atoms with Gasteiger partial charge in [-0.05, 0) is 49.8 Å². The van der Waals surface area contributed by atoms with Crippen molar-refractivity contribution in [3.05, 3.63) is 76.3 Å². The van der Waals surface area contributed by atoms with E-state index in [1.54, 1.807) is 6.21 Å². The first kappa shape index (κ1) is 20.1. The number of nitrogens with one attached hydrogen (secondary N) is 1. The minimum Gasteiger partial charge on any atom is -0.483 e. The van der Waals surface area contributed by atoms with E-state index in [2.05, 4.69) is 47.2 Å². The van der Waals surface area contributed by atoms with E-state index in [4.69, 9.17) is 4.74 Å². The van der Waals surface area contributed by atoms with E-state index >= 15 is 0 Å². The number of amides is 1. The van der Waals surface area contributed by atoms with E-state index in [1.807, 2.05) is 60.7 Å². The topological polar surface area (TPSA) is 50.7 Å². The van der Waals surface area contributed by atoms with Crippen molar-refractivity contribution >= 4 is 38.8 Å². The Kier molecular flexibility index (Phi) is 6.15. The molecule has 1 amide bonds. The Balaban J connectivity index is 1.58. The van der Waals surface area contributed by atoms with Crippen molar-refractivity contribution in [1.82, 2.24) is 5.43 Å². The zero-order chi connectivity index (χ0) is 20.1. The third-order valence-electron chi connectivity index (χ3n) is 4.37. The van der Waals surface area contributed by atoms with Crippen molar-refractivity contribution in [3.8, 4) is 5.75 Å². The summed E-state index contributed by atoms with van der Waals surface area (Å²) in [5.74, 6) is 0.310. The lowest BCUT2D eigenvalue weighted by Gasteiger charge is -2.20. The van der Waals surface area contributed by atoms with Crippen molar-refractivity contribution in [2.75, 3.05) is 6.61 Å². The van der Waals surface area contributed by atoms with Gasteiger partial charge in [0.1, 0.15) is 5.75 Å². The molecular formula is C23H23BrN2O2. The fourth-order valence-corrected chi connectivity index (χ4v) is 3.29. The summed E-state index contributed by atoms with van der Waals surface area (Å²) in [4.78, 5) is 12.0. The molecule has 0 unspecified atom stereocenters. The van der Waals surface area contributed by atoms with Crippen LogP contribution in [0.2, 0.25) is 0 Å². The number of hydrogen-bond acceptors (Lipinski definition) is 3. The summed E-state index contributed by atoms with van der Waals surface area (Å²) >= 11 is 3.51. The normalized spacial score (nSPS) is 11.7. The Labute approximate surface area is 173 Å². The van der Waals surface area contributed by atoms with Gasteiger partial charge in [0, 0.05) is 5.56 Å². The van der Waals surface area contributed by atoms with Gasteiger partial charge in [-0.2, -0.15) is 5.10 Å². The molecule has 3 aromatic carbocycles. The summed E-state index contributed by atoms with van der Waals surface area (Å²) in [6.07, 6.45) is 1.65. The van der Waals surface area contributed by atoms with Crippen LogP contribution in [0.15, 0.2) is 70.2 Å². The van der Waals surface area contributed by atoms with Gasteiger partial charge in [-0.3, -0.25) is 4.79 Å². The second kappa shape index (κ2) is 8.57. The number of rotatable bonds is 5. The predicted molar refractivity (Wildman–Crippen MR) is 118 cm³/mol. The minimum atomic E-state index is -0.316. The van der Waals surface area contributed by atoms with Crippen LogP contribution < -0.4 is 10.2 Å². The van der Waals surface area contributed by atoms with Gasteiger partial charge in [-0.15, -0.1) is 0 Å². The van der Waals surface area contributed by atoms with Crippen LogP contribution in [-0.2, 0) is 10.2 Å². The number of hydrogen-bond donors (Lipinski definition) is 1. The number of carbonyl (C=O) groups excluding carboxylic acids is 1. The fraction of sp³-hybridized carbons (Fsp3) is 0.217. The summed E-state index contributed by atoms with van der Waals surface area (Å²) in [7, 11) is 0. The Bertz CT molecular complexity index is 1020. The van der Waals surface area contributed by atoms with Crippen LogP contribution in [0, 0.1) is 0 Å². The van der Waals surface area contributed by atoms with Crippen LogP contribution in [0.1, 0.15) is 31.9 Å². The summed E-state index contributed by atoms with van der Waals surface area (Å²) in [5, 5.41) is 6.27. The Morgan fingerprint density at radius 2 is 1.86 bits per heavy atom. The first-order valence-electron chi connectivity index (χ1n) is 9.07. The number of ether oxygens (including phenoxy) is 1. The molecule has 5 heteroatoms. The molecule has 0 atom stereocenters. The molecular weight excluding hydrogens is 416 g/mol. The third kappa shape index (κ3) is 4.98. The maximum absolute atomic E-state index is 12.0. The summed E-state index contributed by atoms with van der Waals surface area (Å²) in [6.45, 7) is 6.34. The average Bonchev–Trinajstić information content (AvgIpc) is 2.66. The second-order valence-electron chi connectivity index (χ2n) is 7.55. The maximum Gasteiger partial charge on any atom is 0.277 e. The number of fused-ring (bicyclic) bond motifs is 1. The van der Waals surface area contributed by atoms with Gasteiger partial charge in [-0.25, -0.2) is 5.43 Å². The van der Waals surface area contributed by atoms with Gasteiger partial charge in [0.25, 0.3) is 5.91 Å². The molecule has 3 rings (SSSR count). The van der Waals surface area contributed by atoms with Gasteiger partial charge in [0.05, 0.1) is 10.7 Å². The molecule has 0 aliphatic heterocycles. The number of carbonyl (C=O) groups is 1. The van der Waals surface area contributed by atoms with E-state index in [0.717, 1.165) is 20.8 Å². The highest BCUT2D eigenvalue weighted by Crippen LogP contribution is 2.31. The lowest BCUT2D eigenvalue weighted by atomic mass is 9.87. The van der Waals surface area contributed by atoms with Crippen LogP contribution >= 0.6 is 15.9 Å². The highest BCUT2D eigenvalue weighted by atomic mass is 79.9. The maximum atomic E-state index is 12.0. The fourth-order valence-electron chi connectivity index (χ4n) is 2.80. The molecule has 0 radical (unpaired) electrons. The van der Waals surface area contributed by atoms with Crippen LogP contribution in [0.3, 0.4) is 0 Å². The van der Waals surface area contributed by atoms with Crippen LogP contribution in [-0.4, -0.2) is 18.7 Å². The molecule has 1 N–H and O–H groups in total. The van der Waals surface area contributed by atoms with E-state index in [9.17, 15) is 4.79 Å². The van der Waals surface area contributed by atoms with Crippen LogP contribution in [0.5, 0.6) is 5.75 Å². The SMILES string of the molecule is CC(C)(C)c1ccc(OCC(=O)N/N=C/c2cccc3ccccc23)c(Br)c1. The van der Waals surface area contributed by atoms with Crippen molar-refractivity contribution in [1.29, 1.82) is 0 Å². The average molecular weight is 439 g/mol. The molecule has 0 fully saturated rings. The molecule has 144 valence electrons. The summed E-state index contributed by atoms with van der Waals surface area (Å²) < 4.78 is 6.43. The second-order valence-corrected chi connectivity index (χ2v) is 8.40. The summed E-state index contributed by atoms with van der Waals surface area (Å²) in [6, 6.07) is 19.9. The molecule has 0 aromatic heterocycles. The monoisotopic (exact) mass is 438 g/mol. The highest BCUT2D eigenvalue weighted by molar-refractivity contribution is 9.10. The molecule has 0 saturated heterocycles. The molecule has 4 nitrogen and oxygen atoms in total. The molecule has 0 bridgehead atoms. The lowest BCUT2D eigenvalue weighted by Crippen LogP contribution is -2.24. The highest BCUT2D eigenvalue weighted by Gasteiger charge is 2.15. The zero-order valence-corrected chi connectivity index (χ0v) is 17.8. The third-order valence-corrected chi connectivity index (χ3v) is 4.99. The van der Waals surface area contributed by atoms with Crippen molar-refractivity contribution in [2.24, 2.45) is 5.10 Å². The van der Waals surface area contributed by atoms with Gasteiger partial charge in [-0.1, -0.05) is 69.3 Å². The number of nitrogens with zero attached hydrogens (tertiary/aromatic N) is 1. The van der Waals surface area contributed by atoms with E-state index in [-0.39, 0.29) is 17.9 Å². The van der Waals surface area contributed by atoms with Gasteiger partial charge in [0.2, 0.25) is 0 Å². The van der Waals surface area contributed by atoms with E-state index in [1.165, 1.54) is 5.56 Å². The molecule has 0 aliphatic carbocycles. The molecule has 3 aromatic rings. The number of halogens is 1. The van der Waals surface area contributed by atoms with Crippen molar-refractivity contribution < 1.29 is 9.53 Å². The predicted octanol–water partition coefficient (Wildman–Crippen LogP) is 5.43. The Hall–Kier alpha value is -2.66. The first-order valence-corrected chi connectivity index (χ1v) is 9.86. The van der Waals surface area contributed by atoms with Gasteiger partial charge >= 0.3 is 0 Å². The smallest absolute Gasteiger partial charge is 0.277 e. The number of hydrazone groups is 1. The molecule has 0 aliphatic rings.